The molecule has 0 bridgehead atoms. The fourth-order valence-corrected chi connectivity index (χ4v) is 2.97. The van der Waals surface area contributed by atoms with E-state index in [1.54, 1.807) is 0 Å². The number of nitrogens with zero attached hydrogens (tertiary/aromatic N) is 2. The number of halogens is 1. The van der Waals surface area contributed by atoms with Crippen LogP contribution in [-0.4, -0.2) is 41.7 Å². The molecule has 1 aliphatic heterocycles. The first-order valence-corrected chi connectivity index (χ1v) is 7.35. The Bertz CT molecular complexity index is 466. The summed E-state index contributed by atoms with van der Waals surface area (Å²) in [4.78, 5) is 15.8. The van der Waals surface area contributed by atoms with Gasteiger partial charge in [-0.3, -0.25) is 0 Å². The molecule has 18 heavy (non-hydrogen) atoms. The van der Waals surface area contributed by atoms with Gasteiger partial charge in [0.25, 0.3) is 0 Å². The van der Waals surface area contributed by atoms with Crippen molar-refractivity contribution in [1.82, 2.24) is 9.80 Å². The molecule has 0 N–H and O–H groups in total. The van der Waals surface area contributed by atoms with Crippen LogP contribution in [0.3, 0.4) is 0 Å². The number of thiol groups is 1. The molecule has 0 radical (unpaired) electrons. The van der Waals surface area contributed by atoms with Crippen molar-refractivity contribution in [3.05, 3.63) is 33.8 Å². The standard InChI is InChI=1S/C13H17BrN2OS/c1-9-3-4-10(14)7-11(9)12-8-16(5-6-18)13(17)15(12)2/h3-4,7,12,18H,5-6,8H2,1-2H3. The van der Waals surface area contributed by atoms with Gasteiger partial charge >= 0.3 is 6.03 Å². The number of amides is 2. The highest BCUT2D eigenvalue weighted by Gasteiger charge is 2.35. The number of aryl methyl sites for hydroxylation is 1. The Balaban J connectivity index is 2.29. The van der Waals surface area contributed by atoms with Crippen LogP contribution in [0, 0.1) is 6.92 Å². The van der Waals surface area contributed by atoms with Gasteiger partial charge in [0, 0.05) is 30.4 Å². The minimum absolute atomic E-state index is 0.0911. The second-order valence-corrected chi connectivity index (χ2v) is 5.94. The van der Waals surface area contributed by atoms with Gasteiger partial charge in [0.15, 0.2) is 0 Å². The van der Waals surface area contributed by atoms with Crippen molar-refractivity contribution in [2.75, 3.05) is 25.9 Å². The van der Waals surface area contributed by atoms with Gasteiger partial charge in [-0.15, -0.1) is 0 Å². The molecule has 1 aromatic carbocycles. The Labute approximate surface area is 122 Å². The largest absolute Gasteiger partial charge is 0.321 e. The maximum absolute atomic E-state index is 12.1. The highest BCUT2D eigenvalue weighted by atomic mass is 79.9. The Morgan fingerprint density at radius 1 is 1.50 bits per heavy atom. The Morgan fingerprint density at radius 3 is 2.89 bits per heavy atom. The normalized spacial score (nSPS) is 19.8. The molecule has 1 unspecified atom stereocenters. The predicted octanol–water partition coefficient (Wildman–Crippen LogP) is 3.10. The van der Waals surface area contributed by atoms with Gasteiger partial charge < -0.3 is 9.80 Å². The van der Waals surface area contributed by atoms with Gasteiger partial charge in [0.05, 0.1) is 6.04 Å². The van der Waals surface area contributed by atoms with Crippen LogP contribution in [0.4, 0.5) is 4.79 Å². The van der Waals surface area contributed by atoms with E-state index >= 15 is 0 Å². The van der Waals surface area contributed by atoms with E-state index in [1.165, 1.54) is 11.1 Å². The van der Waals surface area contributed by atoms with E-state index < -0.39 is 0 Å². The number of rotatable bonds is 3. The summed E-state index contributed by atoms with van der Waals surface area (Å²) in [5, 5.41) is 0. The fraction of sp³-hybridized carbons (Fsp3) is 0.462. The molecule has 98 valence electrons. The van der Waals surface area contributed by atoms with Crippen molar-refractivity contribution < 1.29 is 4.79 Å². The molecular formula is C13H17BrN2OS. The summed E-state index contributed by atoms with van der Waals surface area (Å²) in [5.74, 6) is 0.698. The topological polar surface area (TPSA) is 23.6 Å². The van der Waals surface area contributed by atoms with E-state index in [1.807, 2.05) is 22.9 Å². The number of likely N-dealkylation sites (N-methyl/N-ethyl adjacent to an activating group) is 1. The quantitative estimate of drug-likeness (QED) is 0.847. The minimum atomic E-state index is 0.0911. The average molecular weight is 329 g/mol. The number of benzene rings is 1. The van der Waals surface area contributed by atoms with E-state index in [9.17, 15) is 4.79 Å². The summed E-state index contributed by atoms with van der Waals surface area (Å²) < 4.78 is 1.05. The third kappa shape index (κ3) is 2.52. The lowest BCUT2D eigenvalue weighted by molar-refractivity contribution is 0.197. The summed E-state index contributed by atoms with van der Waals surface area (Å²) in [7, 11) is 1.87. The van der Waals surface area contributed by atoms with E-state index in [-0.39, 0.29) is 12.1 Å². The van der Waals surface area contributed by atoms with Crippen molar-refractivity contribution in [3.8, 4) is 0 Å². The van der Waals surface area contributed by atoms with Gasteiger partial charge in [0.1, 0.15) is 0 Å². The van der Waals surface area contributed by atoms with Gasteiger partial charge in [-0.2, -0.15) is 12.6 Å². The van der Waals surface area contributed by atoms with Crippen molar-refractivity contribution in [3.63, 3.8) is 0 Å². The number of carbonyl (C=O) groups is 1. The molecule has 0 aliphatic carbocycles. The number of hydrogen-bond donors (Lipinski definition) is 1. The maximum Gasteiger partial charge on any atom is 0.320 e. The third-order valence-corrected chi connectivity index (χ3v) is 4.10. The van der Waals surface area contributed by atoms with E-state index in [2.05, 4.69) is 47.6 Å². The third-order valence-electron chi connectivity index (χ3n) is 3.40. The zero-order valence-electron chi connectivity index (χ0n) is 10.6. The summed E-state index contributed by atoms with van der Waals surface area (Å²) in [5.41, 5.74) is 2.43. The second kappa shape index (κ2) is 5.53. The molecule has 1 saturated heterocycles. The molecule has 2 amide bonds. The van der Waals surface area contributed by atoms with Gasteiger partial charge in [0.2, 0.25) is 0 Å². The van der Waals surface area contributed by atoms with Crippen molar-refractivity contribution in [1.29, 1.82) is 0 Å². The fourth-order valence-electron chi connectivity index (χ4n) is 2.35. The van der Waals surface area contributed by atoms with E-state index in [0.717, 1.165) is 11.0 Å². The zero-order chi connectivity index (χ0) is 13.3. The Hall–Kier alpha value is -0.680. The lowest BCUT2D eigenvalue weighted by atomic mass is 10.0. The Kier molecular flexibility index (Phi) is 4.22. The van der Waals surface area contributed by atoms with Crippen molar-refractivity contribution >= 4 is 34.6 Å². The smallest absolute Gasteiger partial charge is 0.320 e. The molecule has 1 atom stereocenters. The number of urea groups is 1. The molecule has 1 fully saturated rings. The summed E-state index contributed by atoms with van der Waals surface area (Å²) in [6.45, 7) is 3.53. The molecule has 1 heterocycles. The van der Waals surface area contributed by atoms with E-state index in [0.29, 0.717) is 12.3 Å². The molecule has 1 aliphatic rings. The monoisotopic (exact) mass is 328 g/mol. The molecule has 3 nitrogen and oxygen atoms in total. The summed E-state index contributed by atoms with van der Waals surface area (Å²) in [6.07, 6.45) is 0. The van der Waals surface area contributed by atoms with E-state index in [4.69, 9.17) is 0 Å². The molecule has 5 heteroatoms. The highest BCUT2D eigenvalue weighted by molar-refractivity contribution is 9.10. The molecule has 1 aromatic rings. The van der Waals surface area contributed by atoms with Crippen molar-refractivity contribution in [2.45, 2.75) is 13.0 Å². The highest BCUT2D eigenvalue weighted by Crippen LogP contribution is 2.31. The lowest BCUT2D eigenvalue weighted by Crippen LogP contribution is -2.31. The average Bonchev–Trinajstić information content (AvgIpc) is 2.61. The molecule has 0 saturated carbocycles. The summed E-state index contributed by atoms with van der Waals surface area (Å²) >= 11 is 7.69. The van der Waals surface area contributed by atoms with Crippen LogP contribution in [0.5, 0.6) is 0 Å². The summed E-state index contributed by atoms with van der Waals surface area (Å²) in [6, 6.07) is 6.44. The van der Waals surface area contributed by atoms with Crippen LogP contribution < -0.4 is 0 Å². The van der Waals surface area contributed by atoms with Crippen LogP contribution >= 0.6 is 28.6 Å². The van der Waals surface area contributed by atoms with Crippen LogP contribution in [0.2, 0.25) is 0 Å². The molecule has 0 aromatic heterocycles. The lowest BCUT2D eigenvalue weighted by Gasteiger charge is -2.20. The maximum atomic E-state index is 12.1. The first kappa shape index (κ1) is 13.7. The van der Waals surface area contributed by atoms with Gasteiger partial charge in [-0.25, -0.2) is 4.79 Å². The zero-order valence-corrected chi connectivity index (χ0v) is 13.0. The first-order valence-electron chi connectivity index (χ1n) is 5.93. The second-order valence-electron chi connectivity index (χ2n) is 4.58. The van der Waals surface area contributed by atoms with Gasteiger partial charge in [-0.1, -0.05) is 22.0 Å². The molecule has 2 rings (SSSR count). The van der Waals surface area contributed by atoms with Crippen LogP contribution in [-0.2, 0) is 0 Å². The minimum Gasteiger partial charge on any atom is -0.321 e. The number of hydrogen-bond acceptors (Lipinski definition) is 2. The first-order chi connectivity index (χ1) is 8.54. The molecule has 0 spiro atoms. The van der Waals surface area contributed by atoms with Gasteiger partial charge in [-0.05, 0) is 30.2 Å². The number of carbonyl (C=O) groups excluding carboxylic acids is 1. The van der Waals surface area contributed by atoms with Crippen LogP contribution in [0.15, 0.2) is 22.7 Å². The van der Waals surface area contributed by atoms with Crippen molar-refractivity contribution in [2.24, 2.45) is 0 Å². The molecular weight excluding hydrogens is 312 g/mol. The SMILES string of the molecule is Cc1ccc(Br)cc1C1CN(CCS)C(=O)N1C. The van der Waals surface area contributed by atoms with Crippen LogP contribution in [0.1, 0.15) is 17.2 Å². The predicted molar refractivity (Wildman–Crippen MR) is 80.2 cm³/mol. The van der Waals surface area contributed by atoms with Crippen LogP contribution in [0.25, 0.3) is 0 Å². The Morgan fingerprint density at radius 2 is 2.22 bits per heavy atom.